The molecule has 3 atom stereocenters. The number of hydrogen-bond donors (Lipinski definition) is 1. The molecule has 1 saturated heterocycles. The Labute approximate surface area is 264 Å². The van der Waals surface area contributed by atoms with Crippen LogP contribution < -0.4 is 0 Å². The Bertz CT molecular complexity index is 1530. The summed E-state index contributed by atoms with van der Waals surface area (Å²) in [6.07, 6.45) is 12.6. The van der Waals surface area contributed by atoms with Gasteiger partial charge in [0.15, 0.2) is 0 Å². The minimum Gasteiger partial charge on any atom is -0.484 e. The third kappa shape index (κ3) is 6.21. The first-order valence-corrected chi connectivity index (χ1v) is 17.5. The molecule has 0 aromatic heterocycles. The fourth-order valence-electron chi connectivity index (χ4n) is 6.19. The van der Waals surface area contributed by atoms with E-state index in [2.05, 4.69) is 78.7 Å². The maximum Gasteiger partial charge on any atom is 0.245 e. The van der Waals surface area contributed by atoms with E-state index in [4.69, 9.17) is 19.1 Å². The van der Waals surface area contributed by atoms with Crippen LogP contribution in [0.1, 0.15) is 46.6 Å². The van der Waals surface area contributed by atoms with Gasteiger partial charge >= 0.3 is 0 Å². The average Bonchev–Trinajstić information content (AvgIpc) is 3.01. The molecule has 2 heterocycles. The number of likely N-dealkylation sites (N-methyl/N-ethyl adjacent to an activating group) is 1. The van der Waals surface area contributed by atoms with Crippen molar-refractivity contribution >= 4 is 33.4 Å². The number of nitrogens with zero attached hydrogens (tertiary/aromatic N) is 3. The zero-order valence-corrected chi connectivity index (χ0v) is 27.6. The SMILES string of the molecule is CCOC1CCN1S(=O)(=O)c1ccc(C2=C3C=CC(=[N+](CC)CC)C=C3OC3C=C(N(CC)CC)C=CC23)c(SOOO)c1. The van der Waals surface area contributed by atoms with Crippen molar-refractivity contribution in [3.8, 4) is 0 Å². The minimum atomic E-state index is -3.83. The molecule has 44 heavy (non-hydrogen) atoms. The lowest BCUT2D eigenvalue weighted by atomic mass is 9.78. The molecule has 0 spiro atoms. The summed E-state index contributed by atoms with van der Waals surface area (Å²) in [7, 11) is -3.83. The highest BCUT2D eigenvalue weighted by molar-refractivity contribution is 7.94. The zero-order valence-electron chi connectivity index (χ0n) is 25.9. The molecule has 1 aromatic rings. The standard InChI is InChI=1S/C32H41N3O7S2/c1-6-33(7-2)22-11-14-25-28(19-22)40-29-20-23(34(8-3)9-4)12-15-26(29)32(25)27-16-13-24(21-30(27)43-42-41-36)44(37,38)35-18-17-31(35)39-10-5/h11-16,19-21,25,28,31H,6-10,17-18H2,1-5H3/p+1. The van der Waals surface area contributed by atoms with Gasteiger partial charge in [-0.3, -0.25) is 0 Å². The fraction of sp³-hybridized carbons (Fsp3) is 0.469. The highest BCUT2D eigenvalue weighted by Crippen LogP contribution is 2.47. The Balaban J connectivity index is 1.65. The number of rotatable bonds is 13. The molecule has 5 rings (SSSR count). The second-order valence-electron chi connectivity index (χ2n) is 10.7. The Hall–Kier alpha value is -2.71. The van der Waals surface area contributed by atoms with Crippen LogP contribution in [0.3, 0.4) is 0 Å². The molecule has 0 amide bonds. The predicted molar refractivity (Wildman–Crippen MR) is 170 cm³/mol. The summed E-state index contributed by atoms with van der Waals surface area (Å²) in [4.78, 5) is 2.88. The zero-order chi connectivity index (χ0) is 31.4. The predicted octanol–water partition coefficient (Wildman–Crippen LogP) is 5.38. The summed E-state index contributed by atoms with van der Waals surface area (Å²) in [5, 5.41) is 13.0. The Morgan fingerprint density at radius 1 is 1.11 bits per heavy atom. The van der Waals surface area contributed by atoms with E-state index in [1.165, 1.54) is 4.31 Å². The lowest BCUT2D eigenvalue weighted by Crippen LogP contribution is -2.52. The average molecular weight is 645 g/mol. The summed E-state index contributed by atoms with van der Waals surface area (Å²) in [6.45, 7) is 14.7. The quantitative estimate of drug-likeness (QED) is 0.131. The summed E-state index contributed by atoms with van der Waals surface area (Å²) in [5.41, 5.74) is 4.81. The molecule has 2 aliphatic carbocycles. The summed E-state index contributed by atoms with van der Waals surface area (Å²) in [5.74, 6) is 0.596. The molecule has 238 valence electrons. The normalized spacial score (nSPS) is 23.0. The molecular weight excluding hydrogens is 603 g/mol. The molecule has 2 aliphatic heterocycles. The van der Waals surface area contributed by atoms with Crippen LogP contribution in [0.25, 0.3) is 5.57 Å². The molecule has 1 N–H and O–H groups in total. The van der Waals surface area contributed by atoms with E-state index in [1.54, 1.807) is 12.1 Å². The summed E-state index contributed by atoms with van der Waals surface area (Å²) < 4.78 is 48.1. The largest absolute Gasteiger partial charge is 0.484 e. The van der Waals surface area contributed by atoms with E-state index in [1.807, 2.05) is 13.0 Å². The van der Waals surface area contributed by atoms with Crippen LogP contribution in [-0.4, -0.2) is 84.8 Å². The van der Waals surface area contributed by atoms with Crippen LogP contribution in [0, 0.1) is 5.92 Å². The van der Waals surface area contributed by atoms with Gasteiger partial charge in [-0.05, 0) is 76.1 Å². The van der Waals surface area contributed by atoms with Crippen molar-refractivity contribution in [1.82, 2.24) is 9.21 Å². The van der Waals surface area contributed by atoms with E-state index in [0.717, 1.165) is 72.1 Å². The fourth-order valence-corrected chi connectivity index (χ4v) is 8.41. The van der Waals surface area contributed by atoms with E-state index in [-0.39, 0.29) is 16.9 Å². The van der Waals surface area contributed by atoms with Gasteiger partial charge in [0.25, 0.3) is 0 Å². The number of fused-ring (bicyclic) bond motifs is 2. The molecule has 12 heteroatoms. The first kappa shape index (κ1) is 32.7. The first-order valence-electron chi connectivity index (χ1n) is 15.3. The van der Waals surface area contributed by atoms with Gasteiger partial charge in [0, 0.05) is 60.8 Å². The smallest absolute Gasteiger partial charge is 0.245 e. The van der Waals surface area contributed by atoms with Crippen LogP contribution in [-0.2, 0) is 28.9 Å². The molecule has 0 saturated carbocycles. The molecule has 4 aliphatic rings. The molecule has 3 unspecified atom stereocenters. The highest BCUT2D eigenvalue weighted by Gasteiger charge is 2.41. The molecule has 1 aromatic carbocycles. The van der Waals surface area contributed by atoms with Gasteiger partial charge in [-0.1, -0.05) is 17.2 Å². The van der Waals surface area contributed by atoms with Crippen LogP contribution in [0.4, 0.5) is 0 Å². The maximum absolute atomic E-state index is 13.6. The van der Waals surface area contributed by atoms with E-state index in [9.17, 15) is 8.42 Å². The number of allylic oxidation sites excluding steroid dienone is 4. The van der Waals surface area contributed by atoms with Gasteiger partial charge in [0.2, 0.25) is 15.7 Å². The third-order valence-electron chi connectivity index (χ3n) is 8.55. The molecule has 10 nitrogen and oxygen atoms in total. The number of ether oxygens (including phenoxy) is 2. The lowest BCUT2D eigenvalue weighted by molar-refractivity contribution is -0.519. The number of benzene rings is 1. The number of sulfonamides is 1. The van der Waals surface area contributed by atoms with Crippen molar-refractivity contribution in [1.29, 1.82) is 0 Å². The van der Waals surface area contributed by atoms with E-state index < -0.39 is 16.3 Å². The van der Waals surface area contributed by atoms with Crippen LogP contribution in [0.15, 0.2) is 81.5 Å². The van der Waals surface area contributed by atoms with Gasteiger partial charge in [-0.2, -0.15) is 4.31 Å². The van der Waals surface area contributed by atoms with Crippen LogP contribution >= 0.6 is 12.0 Å². The highest BCUT2D eigenvalue weighted by atomic mass is 32.2. The summed E-state index contributed by atoms with van der Waals surface area (Å²) >= 11 is 0.757. The van der Waals surface area contributed by atoms with Gasteiger partial charge in [0.05, 0.1) is 23.0 Å². The Morgan fingerprint density at radius 3 is 2.52 bits per heavy atom. The van der Waals surface area contributed by atoms with Crippen molar-refractivity contribution < 1.29 is 37.1 Å². The van der Waals surface area contributed by atoms with Gasteiger partial charge in [-0.15, -0.1) is 4.33 Å². The molecule has 0 radical (unpaired) electrons. The van der Waals surface area contributed by atoms with Crippen molar-refractivity contribution in [2.75, 3.05) is 39.3 Å². The summed E-state index contributed by atoms with van der Waals surface area (Å²) in [6, 6.07) is 5.00. The van der Waals surface area contributed by atoms with E-state index in [0.29, 0.717) is 24.5 Å². The number of hydrogen-bond acceptors (Lipinski definition) is 9. The lowest BCUT2D eigenvalue weighted by Gasteiger charge is -2.39. The van der Waals surface area contributed by atoms with E-state index >= 15 is 0 Å². The van der Waals surface area contributed by atoms with Crippen molar-refractivity contribution in [3.05, 3.63) is 77.2 Å². The maximum atomic E-state index is 13.6. The van der Waals surface area contributed by atoms with Gasteiger partial charge in [0.1, 0.15) is 31.2 Å². The minimum absolute atomic E-state index is 0.110. The second kappa shape index (κ2) is 14.2. The van der Waals surface area contributed by atoms with Crippen molar-refractivity contribution in [2.45, 2.75) is 63.2 Å². The molecule has 0 bridgehead atoms. The molecular formula is C32H42N3O7S2+. The second-order valence-corrected chi connectivity index (χ2v) is 13.3. The van der Waals surface area contributed by atoms with Gasteiger partial charge in [-0.25, -0.2) is 18.3 Å². The van der Waals surface area contributed by atoms with Crippen molar-refractivity contribution in [2.24, 2.45) is 5.92 Å². The third-order valence-corrected chi connectivity index (χ3v) is 11.1. The monoisotopic (exact) mass is 644 g/mol. The topological polar surface area (TPSA) is 101 Å². The van der Waals surface area contributed by atoms with Crippen LogP contribution in [0.5, 0.6) is 0 Å². The Kier molecular flexibility index (Phi) is 10.5. The Morgan fingerprint density at radius 2 is 1.89 bits per heavy atom. The van der Waals surface area contributed by atoms with Crippen molar-refractivity contribution in [3.63, 3.8) is 0 Å². The first-order chi connectivity index (χ1) is 21.3. The van der Waals surface area contributed by atoms with Gasteiger partial charge < -0.3 is 14.4 Å². The molecule has 1 fully saturated rings. The van der Waals surface area contributed by atoms with Crippen LogP contribution in [0.2, 0.25) is 0 Å².